The monoisotopic (exact) mass is 239 g/mol. The Morgan fingerprint density at radius 3 is 3.08 bits per heavy atom. The zero-order valence-electron chi connectivity index (χ0n) is 8.67. The summed E-state index contributed by atoms with van der Waals surface area (Å²) < 4.78 is 8.79. The molecule has 1 atom stereocenters. The van der Waals surface area contributed by atoms with Crippen molar-refractivity contribution in [3.8, 4) is 0 Å². The molecule has 0 amide bonds. The molecule has 1 unspecified atom stereocenters. The second-order valence-electron chi connectivity index (χ2n) is 2.98. The molecule has 0 spiro atoms. The lowest BCUT2D eigenvalue weighted by molar-refractivity contribution is 0.863. The third-order valence-corrected chi connectivity index (χ3v) is 2.39. The van der Waals surface area contributed by atoms with Crippen molar-refractivity contribution in [2.75, 3.05) is 0 Å². The van der Waals surface area contributed by atoms with Crippen molar-refractivity contribution in [2.45, 2.75) is 25.7 Å². The Bertz CT molecular complexity index is 287. The first-order valence-corrected chi connectivity index (χ1v) is 5.32. The zero-order chi connectivity index (χ0) is 10.4. The van der Waals surface area contributed by atoms with Crippen LogP contribution in [0.25, 0.3) is 0 Å². The number of hydrogen-bond acceptors (Lipinski definition) is 0. The van der Waals surface area contributed by atoms with E-state index in [-0.39, 0.29) is 6.40 Å². The Hall–Kier alpha value is -0.560. The van der Waals surface area contributed by atoms with Gasteiger partial charge in [0.05, 0.1) is 0 Å². The van der Waals surface area contributed by atoms with E-state index >= 15 is 0 Å². The largest absolute Gasteiger partial charge is 0.103 e. The van der Waals surface area contributed by atoms with Gasteiger partial charge in [-0.05, 0) is 37.3 Å². The molecule has 1 aliphatic rings. The van der Waals surface area contributed by atoms with E-state index in [0.717, 1.165) is 29.3 Å². The summed E-state index contributed by atoms with van der Waals surface area (Å²) in [6.45, 7) is 3.68. The summed E-state index contributed by atoms with van der Waals surface area (Å²) in [7, 11) is 0. The molecular formula is C12H15Br. The van der Waals surface area contributed by atoms with Crippen LogP contribution in [0.4, 0.5) is 0 Å². The summed E-state index contributed by atoms with van der Waals surface area (Å²) in [5, 5.41) is 0. The molecule has 1 heteroatoms. The molecule has 0 saturated heterocycles. The van der Waals surface area contributed by atoms with Gasteiger partial charge in [-0.2, -0.15) is 0 Å². The molecule has 1 aliphatic carbocycles. The van der Waals surface area contributed by atoms with Gasteiger partial charge in [-0.25, -0.2) is 0 Å². The normalized spacial score (nSPS) is 25.6. The van der Waals surface area contributed by atoms with Gasteiger partial charge < -0.3 is 0 Å². The Labute approximate surface area is 90.3 Å². The van der Waals surface area contributed by atoms with Crippen LogP contribution in [0.15, 0.2) is 47.0 Å². The maximum atomic E-state index is 7.79. The number of allylic oxidation sites excluding steroid dienone is 7. The highest BCUT2D eigenvalue weighted by molar-refractivity contribution is 9.11. The third-order valence-electron chi connectivity index (χ3n) is 1.86. The maximum Gasteiger partial charge on any atom is 0.0360 e. The SMILES string of the molecule is [2H]C1C=C(Br)C=C/C1=C\CCCC=C. The van der Waals surface area contributed by atoms with Gasteiger partial charge >= 0.3 is 0 Å². The van der Waals surface area contributed by atoms with Crippen LogP contribution in [0.3, 0.4) is 0 Å². The maximum absolute atomic E-state index is 7.79. The molecule has 0 bridgehead atoms. The Morgan fingerprint density at radius 2 is 2.38 bits per heavy atom. The fourth-order valence-electron chi connectivity index (χ4n) is 1.13. The molecule has 70 valence electrons. The molecule has 0 heterocycles. The first-order chi connectivity index (χ1) is 6.74. The van der Waals surface area contributed by atoms with Crippen molar-refractivity contribution in [1.29, 1.82) is 0 Å². The minimum atomic E-state index is -0.210. The fourth-order valence-corrected chi connectivity index (χ4v) is 1.39. The first-order valence-electron chi connectivity index (χ1n) is 5.10. The van der Waals surface area contributed by atoms with Gasteiger partial charge in [-0.15, -0.1) is 6.58 Å². The second-order valence-corrected chi connectivity index (χ2v) is 3.89. The van der Waals surface area contributed by atoms with Crippen LogP contribution in [-0.4, -0.2) is 0 Å². The number of halogens is 1. The molecule has 0 aromatic carbocycles. The van der Waals surface area contributed by atoms with Gasteiger partial charge in [0.25, 0.3) is 0 Å². The van der Waals surface area contributed by atoms with E-state index in [1.54, 1.807) is 0 Å². The van der Waals surface area contributed by atoms with E-state index < -0.39 is 0 Å². The average molecular weight is 240 g/mol. The van der Waals surface area contributed by atoms with Gasteiger partial charge in [0.15, 0.2) is 0 Å². The Balaban J connectivity index is 2.45. The summed E-state index contributed by atoms with van der Waals surface area (Å²) in [6.07, 6.45) is 13.0. The van der Waals surface area contributed by atoms with Crippen LogP contribution in [-0.2, 0) is 0 Å². The van der Waals surface area contributed by atoms with Crippen LogP contribution in [0.1, 0.15) is 27.0 Å². The molecule has 0 fully saturated rings. The van der Waals surface area contributed by atoms with Crippen LogP contribution < -0.4 is 0 Å². The minimum absolute atomic E-state index is 0.210. The van der Waals surface area contributed by atoms with Crippen LogP contribution in [0, 0.1) is 0 Å². The highest BCUT2D eigenvalue weighted by Gasteiger charge is 1.96. The van der Waals surface area contributed by atoms with Crippen molar-refractivity contribution in [3.05, 3.63) is 47.0 Å². The molecule has 0 nitrogen and oxygen atoms in total. The lowest BCUT2D eigenvalue weighted by Crippen LogP contribution is -1.83. The molecule has 0 N–H and O–H groups in total. The van der Waals surface area contributed by atoms with Crippen molar-refractivity contribution in [3.63, 3.8) is 0 Å². The lowest BCUT2D eigenvalue weighted by Gasteiger charge is -2.03. The molecule has 0 radical (unpaired) electrons. The molecule has 1 rings (SSSR count). The lowest BCUT2D eigenvalue weighted by atomic mass is 10.1. The quantitative estimate of drug-likeness (QED) is 0.501. The summed E-state index contributed by atoms with van der Waals surface area (Å²) in [5.41, 5.74) is 1.09. The molecule has 0 aromatic heterocycles. The standard InChI is InChI=1S/C12H15Br/c1-2-3-4-5-6-11-7-9-12(13)10-8-11/h2,6-7,9-10H,1,3-5,8H2/b11-6+/i8D. The van der Waals surface area contributed by atoms with E-state index in [1.807, 2.05) is 24.3 Å². The molecule has 0 aliphatic heterocycles. The van der Waals surface area contributed by atoms with Gasteiger partial charge in [-0.3, -0.25) is 0 Å². The third kappa shape index (κ3) is 4.28. The average Bonchev–Trinajstić information content (AvgIpc) is 2.15. The molecule has 0 aromatic rings. The second kappa shape index (κ2) is 5.98. The first kappa shape index (κ1) is 9.01. The van der Waals surface area contributed by atoms with Crippen LogP contribution in [0.5, 0.6) is 0 Å². The number of hydrogen-bond donors (Lipinski definition) is 0. The van der Waals surface area contributed by atoms with E-state index in [1.165, 1.54) is 0 Å². The van der Waals surface area contributed by atoms with Crippen molar-refractivity contribution < 1.29 is 1.37 Å². The van der Waals surface area contributed by atoms with Gasteiger partial charge in [0.2, 0.25) is 0 Å². The number of rotatable bonds is 4. The van der Waals surface area contributed by atoms with Gasteiger partial charge in [0, 0.05) is 5.85 Å². The summed E-state index contributed by atoms with van der Waals surface area (Å²) in [5.74, 6) is 0. The highest BCUT2D eigenvalue weighted by atomic mass is 79.9. The van der Waals surface area contributed by atoms with Crippen LogP contribution >= 0.6 is 15.9 Å². The van der Waals surface area contributed by atoms with Crippen molar-refractivity contribution in [1.82, 2.24) is 0 Å². The minimum Gasteiger partial charge on any atom is -0.103 e. The fraction of sp³-hybridized carbons (Fsp3) is 0.333. The highest BCUT2D eigenvalue weighted by Crippen LogP contribution is 2.19. The topological polar surface area (TPSA) is 0 Å². The molecule has 13 heavy (non-hydrogen) atoms. The van der Waals surface area contributed by atoms with E-state index in [4.69, 9.17) is 1.37 Å². The predicted octanol–water partition coefficient (Wildman–Crippen LogP) is 4.51. The van der Waals surface area contributed by atoms with E-state index in [2.05, 4.69) is 28.6 Å². The van der Waals surface area contributed by atoms with Crippen molar-refractivity contribution in [2.24, 2.45) is 0 Å². The summed E-state index contributed by atoms with van der Waals surface area (Å²) >= 11 is 3.36. The summed E-state index contributed by atoms with van der Waals surface area (Å²) in [4.78, 5) is 0. The van der Waals surface area contributed by atoms with Gasteiger partial charge in [0.1, 0.15) is 0 Å². The smallest absolute Gasteiger partial charge is 0.0360 e. The van der Waals surface area contributed by atoms with Crippen LogP contribution in [0.2, 0.25) is 0 Å². The van der Waals surface area contributed by atoms with Gasteiger partial charge in [-0.1, -0.05) is 40.2 Å². The number of unbranched alkanes of at least 4 members (excludes halogenated alkanes) is 2. The Kier molecular flexibility index (Phi) is 4.15. The van der Waals surface area contributed by atoms with Crippen molar-refractivity contribution >= 4 is 15.9 Å². The summed E-state index contributed by atoms with van der Waals surface area (Å²) in [6, 6.07) is 0. The Morgan fingerprint density at radius 1 is 1.54 bits per heavy atom. The zero-order valence-corrected chi connectivity index (χ0v) is 9.26. The molecule has 0 saturated carbocycles. The molecular weight excluding hydrogens is 224 g/mol. The predicted molar refractivity (Wildman–Crippen MR) is 62.9 cm³/mol. The van der Waals surface area contributed by atoms with E-state index in [9.17, 15) is 0 Å². The van der Waals surface area contributed by atoms with E-state index in [0.29, 0.717) is 0 Å².